The van der Waals surface area contributed by atoms with Crippen LogP contribution in [0.2, 0.25) is 0 Å². The summed E-state index contributed by atoms with van der Waals surface area (Å²) in [5.41, 5.74) is 0. The van der Waals surface area contributed by atoms with Crippen molar-refractivity contribution in [1.82, 2.24) is 5.32 Å². The summed E-state index contributed by atoms with van der Waals surface area (Å²) in [6.45, 7) is 6.88. The highest BCUT2D eigenvalue weighted by Crippen LogP contribution is 2.12. The summed E-state index contributed by atoms with van der Waals surface area (Å²) in [7, 11) is 2.04. The van der Waals surface area contributed by atoms with Crippen molar-refractivity contribution in [3.8, 4) is 0 Å². The molecule has 0 bridgehead atoms. The number of hydrogen-bond acceptors (Lipinski definition) is 1. The third-order valence-corrected chi connectivity index (χ3v) is 2.77. The molecule has 0 spiro atoms. The van der Waals surface area contributed by atoms with E-state index in [1.54, 1.807) is 0 Å². The Balaban J connectivity index is 3.10. The first-order valence-corrected chi connectivity index (χ1v) is 5.38. The van der Waals surface area contributed by atoms with Gasteiger partial charge in [0.1, 0.15) is 0 Å². The van der Waals surface area contributed by atoms with Crippen LogP contribution in [0.25, 0.3) is 0 Å². The van der Waals surface area contributed by atoms with Gasteiger partial charge in [-0.05, 0) is 26.3 Å². The van der Waals surface area contributed by atoms with Gasteiger partial charge in [0.25, 0.3) is 0 Å². The van der Waals surface area contributed by atoms with Gasteiger partial charge in [0.15, 0.2) is 0 Å². The molecule has 0 saturated carbocycles. The summed E-state index contributed by atoms with van der Waals surface area (Å²) in [6, 6.07) is 0.696. The molecule has 0 amide bonds. The molecule has 0 heterocycles. The lowest BCUT2D eigenvalue weighted by molar-refractivity contribution is 0.455. The zero-order valence-corrected chi connectivity index (χ0v) is 9.19. The molecule has 0 aliphatic carbocycles. The Morgan fingerprint density at radius 3 is 2.17 bits per heavy atom. The molecule has 74 valence electrons. The Morgan fingerprint density at radius 2 is 1.67 bits per heavy atom. The Labute approximate surface area is 77.9 Å². The van der Waals surface area contributed by atoms with E-state index in [0.29, 0.717) is 6.04 Å². The highest BCUT2D eigenvalue weighted by atomic mass is 14.8. The van der Waals surface area contributed by atoms with E-state index in [4.69, 9.17) is 0 Å². The Kier molecular flexibility index (Phi) is 7.58. The summed E-state index contributed by atoms with van der Waals surface area (Å²) in [6.07, 6.45) is 6.86. The van der Waals surface area contributed by atoms with Crippen molar-refractivity contribution < 1.29 is 0 Å². The minimum atomic E-state index is 0.696. The summed E-state index contributed by atoms with van der Waals surface area (Å²) in [5.74, 6) is 0.926. The lowest BCUT2D eigenvalue weighted by Gasteiger charge is -2.11. The fourth-order valence-corrected chi connectivity index (χ4v) is 1.29. The van der Waals surface area contributed by atoms with Crippen LogP contribution < -0.4 is 5.32 Å². The van der Waals surface area contributed by atoms with Gasteiger partial charge in [-0.2, -0.15) is 0 Å². The van der Waals surface area contributed by atoms with E-state index < -0.39 is 0 Å². The second-order valence-corrected chi connectivity index (χ2v) is 3.99. The van der Waals surface area contributed by atoms with Gasteiger partial charge in [-0.15, -0.1) is 0 Å². The SMILES string of the molecule is CCC(C)CCCCC(C)NC. The lowest BCUT2D eigenvalue weighted by Crippen LogP contribution is -2.20. The van der Waals surface area contributed by atoms with Crippen molar-refractivity contribution in [2.24, 2.45) is 5.92 Å². The molecule has 0 fully saturated rings. The van der Waals surface area contributed by atoms with E-state index in [1.165, 1.54) is 32.1 Å². The first-order valence-electron chi connectivity index (χ1n) is 5.38. The minimum absolute atomic E-state index is 0.696. The smallest absolute Gasteiger partial charge is 0.00357 e. The molecule has 0 aliphatic rings. The highest BCUT2D eigenvalue weighted by molar-refractivity contribution is 4.58. The summed E-state index contributed by atoms with van der Waals surface area (Å²) >= 11 is 0. The van der Waals surface area contributed by atoms with Gasteiger partial charge >= 0.3 is 0 Å². The summed E-state index contributed by atoms with van der Waals surface area (Å²) < 4.78 is 0. The van der Waals surface area contributed by atoms with Crippen LogP contribution in [0, 0.1) is 5.92 Å². The molecular weight excluding hydrogens is 146 g/mol. The molecule has 1 N–H and O–H groups in total. The van der Waals surface area contributed by atoms with Crippen LogP contribution in [0.4, 0.5) is 0 Å². The second-order valence-electron chi connectivity index (χ2n) is 3.99. The largest absolute Gasteiger partial charge is 0.317 e. The van der Waals surface area contributed by atoms with Crippen LogP contribution >= 0.6 is 0 Å². The van der Waals surface area contributed by atoms with Crippen LogP contribution in [-0.2, 0) is 0 Å². The monoisotopic (exact) mass is 171 g/mol. The summed E-state index contributed by atoms with van der Waals surface area (Å²) in [5, 5.41) is 3.27. The molecule has 2 unspecified atom stereocenters. The third-order valence-electron chi connectivity index (χ3n) is 2.77. The minimum Gasteiger partial charge on any atom is -0.317 e. The Morgan fingerprint density at radius 1 is 1.08 bits per heavy atom. The van der Waals surface area contributed by atoms with Crippen LogP contribution in [-0.4, -0.2) is 13.1 Å². The Hall–Kier alpha value is -0.0400. The quantitative estimate of drug-likeness (QED) is 0.580. The fourth-order valence-electron chi connectivity index (χ4n) is 1.29. The average molecular weight is 171 g/mol. The molecule has 0 aliphatic heterocycles. The molecule has 1 nitrogen and oxygen atoms in total. The first kappa shape index (κ1) is 12.0. The van der Waals surface area contributed by atoms with Gasteiger partial charge in [-0.1, -0.05) is 39.5 Å². The Bertz CT molecular complexity index is 79.0. The van der Waals surface area contributed by atoms with E-state index in [2.05, 4.69) is 26.1 Å². The number of hydrogen-bond donors (Lipinski definition) is 1. The first-order chi connectivity index (χ1) is 5.70. The van der Waals surface area contributed by atoms with Crippen molar-refractivity contribution in [1.29, 1.82) is 0 Å². The molecule has 0 aromatic heterocycles. The molecule has 0 aromatic rings. The van der Waals surface area contributed by atoms with E-state index in [-0.39, 0.29) is 0 Å². The van der Waals surface area contributed by atoms with Gasteiger partial charge in [0.05, 0.1) is 0 Å². The van der Waals surface area contributed by atoms with Crippen molar-refractivity contribution >= 4 is 0 Å². The predicted molar refractivity (Wildman–Crippen MR) is 56.4 cm³/mol. The maximum Gasteiger partial charge on any atom is 0.00357 e. The molecule has 0 saturated heterocycles. The van der Waals surface area contributed by atoms with Crippen molar-refractivity contribution in [3.63, 3.8) is 0 Å². The molecule has 0 radical (unpaired) electrons. The zero-order chi connectivity index (χ0) is 9.40. The highest BCUT2D eigenvalue weighted by Gasteiger charge is 2.00. The molecule has 2 atom stereocenters. The molecular formula is C11H25N. The van der Waals surface area contributed by atoms with Crippen molar-refractivity contribution in [2.75, 3.05) is 7.05 Å². The predicted octanol–water partition coefficient (Wildman–Crippen LogP) is 3.20. The van der Waals surface area contributed by atoms with E-state index in [0.717, 1.165) is 5.92 Å². The third kappa shape index (κ3) is 6.66. The standard InChI is InChI=1S/C11H25N/c1-5-10(2)8-6-7-9-11(3)12-4/h10-12H,5-9H2,1-4H3. The molecule has 1 heteroatoms. The van der Waals surface area contributed by atoms with Gasteiger partial charge in [0, 0.05) is 6.04 Å². The van der Waals surface area contributed by atoms with E-state index in [9.17, 15) is 0 Å². The van der Waals surface area contributed by atoms with E-state index in [1.807, 2.05) is 7.05 Å². The van der Waals surface area contributed by atoms with Crippen LogP contribution in [0.15, 0.2) is 0 Å². The van der Waals surface area contributed by atoms with Gasteiger partial charge in [-0.25, -0.2) is 0 Å². The van der Waals surface area contributed by atoms with Crippen LogP contribution in [0.5, 0.6) is 0 Å². The average Bonchev–Trinajstić information content (AvgIpc) is 2.11. The molecule has 0 aromatic carbocycles. The van der Waals surface area contributed by atoms with Gasteiger partial charge in [-0.3, -0.25) is 0 Å². The van der Waals surface area contributed by atoms with Crippen LogP contribution in [0.1, 0.15) is 52.9 Å². The second kappa shape index (κ2) is 7.60. The fraction of sp³-hybridized carbons (Fsp3) is 1.00. The number of rotatable bonds is 7. The maximum absolute atomic E-state index is 3.27. The van der Waals surface area contributed by atoms with Gasteiger partial charge in [0.2, 0.25) is 0 Å². The van der Waals surface area contributed by atoms with Gasteiger partial charge < -0.3 is 5.32 Å². The molecule has 0 rings (SSSR count). The van der Waals surface area contributed by atoms with Crippen LogP contribution in [0.3, 0.4) is 0 Å². The number of unbranched alkanes of at least 4 members (excludes halogenated alkanes) is 1. The normalized spacial score (nSPS) is 16.0. The molecule has 12 heavy (non-hydrogen) atoms. The number of nitrogens with one attached hydrogen (secondary N) is 1. The summed E-state index contributed by atoms with van der Waals surface area (Å²) in [4.78, 5) is 0. The topological polar surface area (TPSA) is 12.0 Å². The lowest BCUT2D eigenvalue weighted by atomic mass is 10.00. The van der Waals surface area contributed by atoms with Crippen molar-refractivity contribution in [3.05, 3.63) is 0 Å². The van der Waals surface area contributed by atoms with E-state index >= 15 is 0 Å². The maximum atomic E-state index is 3.27. The zero-order valence-electron chi connectivity index (χ0n) is 9.19. The van der Waals surface area contributed by atoms with Crippen molar-refractivity contribution in [2.45, 2.75) is 58.9 Å².